The lowest BCUT2D eigenvalue weighted by molar-refractivity contribution is 0.415. The molecular formula is C19H27N5O3S. The van der Waals surface area contributed by atoms with E-state index in [0.29, 0.717) is 19.0 Å². The van der Waals surface area contributed by atoms with Crippen molar-refractivity contribution < 1.29 is 13.2 Å². The van der Waals surface area contributed by atoms with E-state index in [1.165, 1.54) is 8.61 Å². The van der Waals surface area contributed by atoms with E-state index >= 15 is 0 Å². The predicted molar refractivity (Wildman–Crippen MR) is 110 cm³/mol. The van der Waals surface area contributed by atoms with Gasteiger partial charge in [0.1, 0.15) is 5.75 Å². The number of ether oxygens (including phenoxy) is 1. The SMILES string of the molecule is COc1ccc(-c2cc(C3CCN(S(=O)(=O)N(C)C)C3)nc(N(C)C)n2)cc1. The summed E-state index contributed by atoms with van der Waals surface area (Å²) in [7, 11) is 5.12. The summed E-state index contributed by atoms with van der Waals surface area (Å²) < 4.78 is 32.9. The number of nitrogens with zero attached hydrogens (tertiary/aromatic N) is 5. The number of hydrogen-bond donors (Lipinski definition) is 0. The standard InChI is InChI=1S/C19H27N5O3S/c1-22(2)19-20-17(14-6-8-16(27-5)9-7-14)12-18(21-19)15-10-11-24(13-15)28(25,26)23(3)4/h6-9,12,15H,10-11,13H2,1-5H3. The van der Waals surface area contributed by atoms with Crippen LogP contribution in [0.3, 0.4) is 0 Å². The van der Waals surface area contributed by atoms with Crippen LogP contribution < -0.4 is 9.64 Å². The molecule has 8 nitrogen and oxygen atoms in total. The van der Waals surface area contributed by atoms with Crippen LogP contribution in [0.25, 0.3) is 11.3 Å². The van der Waals surface area contributed by atoms with Gasteiger partial charge in [0.25, 0.3) is 10.2 Å². The second-order valence-electron chi connectivity index (χ2n) is 7.23. The lowest BCUT2D eigenvalue weighted by Gasteiger charge is -2.21. The first-order valence-electron chi connectivity index (χ1n) is 9.10. The van der Waals surface area contributed by atoms with Crippen LogP contribution in [0.2, 0.25) is 0 Å². The third-order valence-electron chi connectivity index (χ3n) is 4.88. The molecule has 1 aromatic heterocycles. The number of benzene rings is 1. The van der Waals surface area contributed by atoms with Crippen molar-refractivity contribution in [2.24, 2.45) is 0 Å². The minimum atomic E-state index is -3.42. The first-order chi connectivity index (χ1) is 13.2. The maximum Gasteiger partial charge on any atom is 0.281 e. The van der Waals surface area contributed by atoms with Crippen LogP contribution in [0, 0.1) is 0 Å². The zero-order chi connectivity index (χ0) is 20.5. The molecule has 1 aliphatic heterocycles. The highest BCUT2D eigenvalue weighted by Crippen LogP contribution is 2.31. The Bertz CT molecular complexity index is 929. The highest BCUT2D eigenvalue weighted by Gasteiger charge is 2.34. The molecular weight excluding hydrogens is 378 g/mol. The fourth-order valence-electron chi connectivity index (χ4n) is 3.18. The monoisotopic (exact) mass is 405 g/mol. The van der Waals surface area contributed by atoms with Gasteiger partial charge >= 0.3 is 0 Å². The summed E-state index contributed by atoms with van der Waals surface area (Å²) in [5.74, 6) is 1.43. The highest BCUT2D eigenvalue weighted by molar-refractivity contribution is 7.86. The molecule has 0 radical (unpaired) electrons. The lowest BCUT2D eigenvalue weighted by atomic mass is 10.0. The largest absolute Gasteiger partial charge is 0.497 e. The molecule has 1 atom stereocenters. The fraction of sp³-hybridized carbons (Fsp3) is 0.474. The number of rotatable bonds is 6. The average Bonchev–Trinajstić information content (AvgIpc) is 3.18. The van der Waals surface area contributed by atoms with Crippen molar-refractivity contribution in [1.82, 2.24) is 18.6 Å². The van der Waals surface area contributed by atoms with Crippen molar-refractivity contribution in [3.8, 4) is 17.0 Å². The Hall–Kier alpha value is -2.23. The molecule has 1 unspecified atom stereocenters. The average molecular weight is 406 g/mol. The summed E-state index contributed by atoms with van der Waals surface area (Å²) in [6, 6.07) is 9.68. The highest BCUT2D eigenvalue weighted by atomic mass is 32.2. The van der Waals surface area contributed by atoms with Gasteiger partial charge in [0.05, 0.1) is 18.5 Å². The molecule has 1 saturated heterocycles. The molecule has 2 heterocycles. The minimum absolute atomic E-state index is 0.0356. The second-order valence-corrected chi connectivity index (χ2v) is 9.38. The molecule has 0 spiro atoms. The molecule has 0 bridgehead atoms. The van der Waals surface area contributed by atoms with Crippen LogP contribution in [0.1, 0.15) is 18.0 Å². The minimum Gasteiger partial charge on any atom is -0.497 e. The van der Waals surface area contributed by atoms with E-state index < -0.39 is 10.2 Å². The van der Waals surface area contributed by atoms with Crippen molar-refractivity contribution >= 4 is 16.2 Å². The van der Waals surface area contributed by atoms with Crippen molar-refractivity contribution in [3.05, 3.63) is 36.0 Å². The summed E-state index contributed by atoms with van der Waals surface area (Å²) >= 11 is 0. The van der Waals surface area contributed by atoms with Crippen molar-refractivity contribution in [3.63, 3.8) is 0 Å². The van der Waals surface area contributed by atoms with Crippen LogP contribution in [0.5, 0.6) is 5.75 Å². The van der Waals surface area contributed by atoms with Crippen LogP contribution >= 0.6 is 0 Å². The fourth-order valence-corrected chi connectivity index (χ4v) is 4.35. The second kappa shape index (κ2) is 8.02. The molecule has 2 aromatic rings. The van der Waals surface area contributed by atoms with E-state index in [0.717, 1.165) is 29.1 Å². The molecule has 0 N–H and O–H groups in total. The van der Waals surface area contributed by atoms with Gasteiger partial charge < -0.3 is 9.64 Å². The Morgan fingerprint density at radius 3 is 2.36 bits per heavy atom. The lowest BCUT2D eigenvalue weighted by Crippen LogP contribution is -2.38. The zero-order valence-corrected chi connectivity index (χ0v) is 17.8. The molecule has 28 heavy (non-hydrogen) atoms. The smallest absolute Gasteiger partial charge is 0.281 e. The number of anilines is 1. The Kier molecular flexibility index (Phi) is 5.87. The van der Waals surface area contributed by atoms with Gasteiger partial charge in [-0.2, -0.15) is 17.0 Å². The van der Waals surface area contributed by atoms with Crippen molar-refractivity contribution in [2.75, 3.05) is 53.3 Å². The van der Waals surface area contributed by atoms with Crippen LogP contribution in [0.4, 0.5) is 5.95 Å². The first-order valence-corrected chi connectivity index (χ1v) is 10.5. The molecule has 152 valence electrons. The van der Waals surface area contributed by atoms with Gasteiger partial charge in [-0.25, -0.2) is 9.97 Å². The third kappa shape index (κ3) is 4.11. The number of methoxy groups -OCH3 is 1. The van der Waals surface area contributed by atoms with E-state index in [1.807, 2.05) is 49.3 Å². The summed E-state index contributed by atoms with van der Waals surface area (Å²) in [5, 5.41) is 0. The molecule has 9 heteroatoms. The zero-order valence-electron chi connectivity index (χ0n) is 17.0. The van der Waals surface area contributed by atoms with Crippen LogP contribution in [-0.4, -0.2) is 75.4 Å². The van der Waals surface area contributed by atoms with Crippen molar-refractivity contribution in [1.29, 1.82) is 0 Å². The van der Waals surface area contributed by atoms with E-state index in [9.17, 15) is 8.42 Å². The molecule has 3 rings (SSSR count). The van der Waals surface area contributed by atoms with E-state index in [-0.39, 0.29) is 5.92 Å². The van der Waals surface area contributed by atoms with Gasteiger partial charge in [0.15, 0.2) is 0 Å². The maximum atomic E-state index is 12.4. The van der Waals surface area contributed by atoms with E-state index in [4.69, 9.17) is 9.72 Å². The maximum absolute atomic E-state index is 12.4. The third-order valence-corrected chi connectivity index (χ3v) is 6.78. The van der Waals surface area contributed by atoms with Gasteiger partial charge in [-0.3, -0.25) is 0 Å². The van der Waals surface area contributed by atoms with Gasteiger partial charge in [0, 0.05) is 52.8 Å². The van der Waals surface area contributed by atoms with E-state index in [1.54, 1.807) is 21.2 Å². The quantitative estimate of drug-likeness (QED) is 0.729. The molecule has 1 aromatic carbocycles. The molecule has 0 aliphatic carbocycles. The van der Waals surface area contributed by atoms with Gasteiger partial charge in [-0.15, -0.1) is 0 Å². The Morgan fingerprint density at radius 1 is 1.11 bits per heavy atom. The Labute approximate surface area is 166 Å². The van der Waals surface area contributed by atoms with Crippen LogP contribution in [0.15, 0.2) is 30.3 Å². The first kappa shape index (κ1) is 20.5. The molecule has 0 saturated carbocycles. The number of hydrogen-bond acceptors (Lipinski definition) is 6. The number of aromatic nitrogens is 2. The summed E-state index contributed by atoms with van der Waals surface area (Å²) in [5.41, 5.74) is 2.63. The molecule has 1 aliphatic rings. The van der Waals surface area contributed by atoms with Gasteiger partial charge in [-0.1, -0.05) is 0 Å². The molecule has 0 amide bonds. The summed E-state index contributed by atoms with van der Waals surface area (Å²) in [6.45, 7) is 0.913. The topological polar surface area (TPSA) is 78.9 Å². The summed E-state index contributed by atoms with van der Waals surface area (Å²) in [6.07, 6.45) is 0.735. The predicted octanol–water partition coefficient (Wildman–Crippen LogP) is 1.81. The van der Waals surface area contributed by atoms with Gasteiger partial charge in [0.2, 0.25) is 5.95 Å². The molecule has 1 fully saturated rings. The van der Waals surface area contributed by atoms with Crippen LogP contribution in [-0.2, 0) is 10.2 Å². The van der Waals surface area contributed by atoms with Gasteiger partial charge in [-0.05, 0) is 36.8 Å². The van der Waals surface area contributed by atoms with Crippen molar-refractivity contribution in [2.45, 2.75) is 12.3 Å². The normalized spacial score (nSPS) is 17.9. The Balaban J connectivity index is 1.94. The summed E-state index contributed by atoms with van der Waals surface area (Å²) in [4.78, 5) is 11.2. The Morgan fingerprint density at radius 2 is 1.79 bits per heavy atom. The van der Waals surface area contributed by atoms with E-state index in [2.05, 4.69) is 4.98 Å².